The predicted molar refractivity (Wildman–Crippen MR) is 175 cm³/mol. The highest BCUT2D eigenvalue weighted by Gasteiger charge is 2.34. The summed E-state index contributed by atoms with van der Waals surface area (Å²) in [5.41, 5.74) is 9.84. The van der Waals surface area contributed by atoms with E-state index in [0.29, 0.717) is 70.5 Å². The Morgan fingerprint density at radius 1 is 0.619 bits per heavy atom. The van der Waals surface area contributed by atoms with E-state index in [1.807, 2.05) is 27.7 Å². The number of ether oxygens (including phenoxy) is 6. The Labute approximate surface area is 260 Å². The highest BCUT2D eigenvalue weighted by Crippen LogP contribution is 2.31. The summed E-state index contributed by atoms with van der Waals surface area (Å²) in [4.78, 5) is 0. The standard InChI is InChI=1S/C34H72N2O6/c1-26(2)14-17-41-34(12,13)30(20-28(5)38-24-32(8,9)39-18-15-35)23-37-22-29(27(3)4)21-31(6,7)42-25-33(10,11)40-19-16-36/h26-30H,14-25,35-36H2,1-13H3. The maximum Gasteiger partial charge on any atom is 0.0859 e. The van der Waals surface area contributed by atoms with E-state index in [-0.39, 0.29) is 34.4 Å². The van der Waals surface area contributed by atoms with Gasteiger partial charge in [0.2, 0.25) is 0 Å². The minimum absolute atomic E-state index is 0.0328. The van der Waals surface area contributed by atoms with Gasteiger partial charge in [-0.1, -0.05) is 27.7 Å². The van der Waals surface area contributed by atoms with Crippen LogP contribution < -0.4 is 11.5 Å². The Kier molecular flexibility index (Phi) is 19.8. The summed E-state index contributed by atoms with van der Waals surface area (Å²) < 4.78 is 37.3. The van der Waals surface area contributed by atoms with Crippen LogP contribution in [0.2, 0.25) is 0 Å². The highest BCUT2D eigenvalue weighted by atomic mass is 16.6. The lowest BCUT2D eigenvalue weighted by Crippen LogP contribution is -2.42. The van der Waals surface area contributed by atoms with Gasteiger partial charge in [-0.25, -0.2) is 0 Å². The molecule has 0 aromatic rings. The van der Waals surface area contributed by atoms with E-state index in [2.05, 4.69) is 62.3 Å². The Morgan fingerprint density at radius 3 is 1.67 bits per heavy atom. The molecule has 0 radical (unpaired) electrons. The molecule has 8 nitrogen and oxygen atoms in total. The number of nitrogens with two attached hydrogens (primary N) is 2. The first-order valence-electron chi connectivity index (χ1n) is 16.4. The van der Waals surface area contributed by atoms with Crippen molar-refractivity contribution < 1.29 is 28.4 Å². The van der Waals surface area contributed by atoms with Crippen LogP contribution in [0.1, 0.15) is 109 Å². The molecule has 254 valence electrons. The zero-order valence-corrected chi connectivity index (χ0v) is 30.0. The summed E-state index contributed by atoms with van der Waals surface area (Å²) in [5, 5.41) is 0. The molecule has 0 aliphatic heterocycles. The molecule has 4 N–H and O–H groups in total. The van der Waals surface area contributed by atoms with Gasteiger partial charge in [-0.15, -0.1) is 0 Å². The van der Waals surface area contributed by atoms with Gasteiger partial charge < -0.3 is 39.9 Å². The lowest BCUT2D eigenvalue weighted by Gasteiger charge is -2.38. The zero-order valence-electron chi connectivity index (χ0n) is 30.0. The van der Waals surface area contributed by atoms with E-state index < -0.39 is 0 Å². The van der Waals surface area contributed by atoms with Crippen LogP contribution in [0.25, 0.3) is 0 Å². The molecule has 3 unspecified atom stereocenters. The molecule has 0 heterocycles. The maximum atomic E-state index is 6.51. The van der Waals surface area contributed by atoms with Crippen LogP contribution in [-0.4, -0.2) is 87.8 Å². The molecule has 0 saturated heterocycles. The second-order valence-electron chi connectivity index (χ2n) is 15.3. The number of rotatable bonds is 26. The Morgan fingerprint density at radius 2 is 1.17 bits per heavy atom. The van der Waals surface area contributed by atoms with Crippen molar-refractivity contribution in [2.75, 3.05) is 59.3 Å². The van der Waals surface area contributed by atoms with E-state index in [0.717, 1.165) is 25.9 Å². The summed E-state index contributed by atoms with van der Waals surface area (Å²) in [7, 11) is 0. The molecule has 8 heteroatoms. The van der Waals surface area contributed by atoms with E-state index in [1.165, 1.54) is 0 Å². The van der Waals surface area contributed by atoms with Gasteiger partial charge in [-0.3, -0.25) is 0 Å². The van der Waals surface area contributed by atoms with Crippen molar-refractivity contribution in [2.24, 2.45) is 35.1 Å². The van der Waals surface area contributed by atoms with Crippen LogP contribution in [0, 0.1) is 23.7 Å². The first-order valence-corrected chi connectivity index (χ1v) is 16.4. The van der Waals surface area contributed by atoms with Crippen LogP contribution in [0.5, 0.6) is 0 Å². The molecule has 0 aliphatic carbocycles. The van der Waals surface area contributed by atoms with Crippen molar-refractivity contribution in [2.45, 2.75) is 138 Å². The van der Waals surface area contributed by atoms with Crippen molar-refractivity contribution in [1.29, 1.82) is 0 Å². The van der Waals surface area contributed by atoms with Gasteiger partial charge >= 0.3 is 0 Å². The molecule has 0 aliphatic rings. The Bertz CT molecular complexity index is 681. The third-order valence-electron chi connectivity index (χ3n) is 7.86. The third-order valence-corrected chi connectivity index (χ3v) is 7.86. The van der Waals surface area contributed by atoms with Crippen molar-refractivity contribution in [3.8, 4) is 0 Å². The van der Waals surface area contributed by atoms with Gasteiger partial charge in [0, 0.05) is 32.2 Å². The van der Waals surface area contributed by atoms with Crippen LogP contribution in [0.4, 0.5) is 0 Å². The first-order chi connectivity index (χ1) is 19.3. The minimum atomic E-state index is -0.381. The highest BCUT2D eigenvalue weighted by molar-refractivity contribution is 4.83. The molecule has 42 heavy (non-hydrogen) atoms. The number of hydrogen-bond donors (Lipinski definition) is 2. The first kappa shape index (κ1) is 41.7. The second-order valence-corrected chi connectivity index (χ2v) is 15.3. The lowest BCUT2D eigenvalue weighted by atomic mass is 9.85. The van der Waals surface area contributed by atoms with Gasteiger partial charge in [0.15, 0.2) is 0 Å². The molecule has 0 bridgehead atoms. The molecule has 0 aromatic carbocycles. The van der Waals surface area contributed by atoms with Crippen LogP contribution in [0.15, 0.2) is 0 Å². The average Bonchev–Trinajstić information content (AvgIpc) is 2.87. The molecule has 0 aromatic heterocycles. The minimum Gasteiger partial charge on any atom is -0.381 e. The fraction of sp³-hybridized carbons (Fsp3) is 1.00. The zero-order chi connectivity index (χ0) is 32.6. The topological polar surface area (TPSA) is 107 Å². The summed E-state index contributed by atoms with van der Waals surface area (Å²) in [6, 6.07) is 0. The maximum absolute atomic E-state index is 6.51. The van der Waals surface area contributed by atoms with E-state index in [4.69, 9.17) is 39.9 Å². The van der Waals surface area contributed by atoms with Crippen molar-refractivity contribution in [3.05, 3.63) is 0 Å². The summed E-state index contributed by atoms with van der Waals surface area (Å²) in [6.45, 7) is 33.1. The van der Waals surface area contributed by atoms with Gasteiger partial charge in [0.25, 0.3) is 0 Å². The SMILES string of the molecule is CC(C)CCOC(C)(C)C(COCC(CC(C)(C)OCC(C)(C)OCCN)C(C)C)CC(C)OCC(C)(C)OCCN. The van der Waals surface area contributed by atoms with Crippen LogP contribution >= 0.6 is 0 Å². The lowest BCUT2D eigenvalue weighted by molar-refractivity contribution is -0.132. The fourth-order valence-corrected chi connectivity index (χ4v) is 4.70. The van der Waals surface area contributed by atoms with Crippen LogP contribution in [0.3, 0.4) is 0 Å². The molecule has 0 amide bonds. The molecular weight excluding hydrogens is 532 g/mol. The van der Waals surface area contributed by atoms with E-state index in [9.17, 15) is 0 Å². The van der Waals surface area contributed by atoms with Gasteiger partial charge in [0.1, 0.15) is 0 Å². The van der Waals surface area contributed by atoms with E-state index in [1.54, 1.807) is 0 Å². The summed E-state index contributed by atoms with van der Waals surface area (Å²) in [6.07, 6.45) is 2.80. The predicted octanol–water partition coefficient (Wildman–Crippen LogP) is 6.22. The normalized spacial score (nSPS) is 15.9. The van der Waals surface area contributed by atoms with E-state index >= 15 is 0 Å². The average molecular weight is 605 g/mol. The number of hydrogen-bond acceptors (Lipinski definition) is 8. The van der Waals surface area contributed by atoms with Gasteiger partial charge in [0.05, 0.1) is 61.5 Å². The van der Waals surface area contributed by atoms with Crippen LogP contribution in [-0.2, 0) is 28.4 Å². The molecule has 0 spiro atoms. The summed E-state index contributed by atoms with van der Waals surface area (Å²) >= 11 is 0. The largest absolute Gasteiger partial charge is 0.381 e. The molecular formula is C34H72N2O6. The molecule has 3 atom stereocenters. The fourth-order valence-electron chi connectivity index (χ4n) is 4.70. The molecule has 0 fully saturated rings. The second kappa shape index (κ2) is 19.9. The summed E-state index contributed by atoms with van der Waals surface area (Å²) in [5.74, 6) is 1.59. The smallest absolute Gasteiger partial charge is 0.0859 e. The van der Waals surface area contributed by atoms with Gasteiger partial charge in [-0.05, 0) is 99.3 Å². The van der Waals surface area contributed by atoms with Gasteiger partial charge in [-0.2, -0.15) is 0 Å². The Hall–Kier alpha value is -0.320. The van der Waals surface area contributed by atoms with Crippen molar-refractivity contribution in [3.63, 3.8) is 0 Å². The van der Waals surface area contributed by atoms with Crippen molar-refractivity contribution >= 4 is 0 Å². The molecule has 0 rings (SSSR count). The molecule has 0 saturated carbocycles. The monoisotopic (exact) mass is 605 g/mol. The Balaban J connectivity index is 5.32. The third kappa shape index (κ3) is 19.9. The quantitative estimate of drug-likeness (QED) is 0.120. The van der Waals surface area contributed by atoms with Crippen molar-refractivity contribution in [1.82, 2.24) is 0 Å².